The summed E-state index contributed by atoms with van der Waals surface area (Å²) in [6.45, 7) is 5.85. The zero-order valence-corrected chi connectivity index (χ0v) is 11.2. The fourth-order valence-corrected chi connectivity index (χ4v) is 1.80. The van der Waals surface area contributed by atoms with Gasteiger partial charge in [-0.15, -0.1) is 12.4 Å². The molecule has 0 radical (unpaired) electrons. The maximum absolute atomic E-state index is 11.8. The van der Waals surface area contributed by atoms with E-state index in [4.69, 9.17) is 0 Å². The van der Waals surface area contributed by atoms with Crippen molar-refractivity contribution >= 4 is 24.2 Å². The molecular weight excluding hydrogens is 242 g/mol. The lowest BCUT2D eigenvalue weighted by Crippen LogP contribution is -2.49. The Labute approximate surface area is 109 Å². The molecule has 17 heavy (non-hydrogen) atoms. The number of rotatable bonds is 4. The Hall–Kier alpha value is -0.810. The normalized spacial score (nSPS) is 20.9. The highest BCUT2D eigenvalue weighted by atomic mass is 35.5. The first-order valence-electron chi connectivity index (χ1n) is 5.94. The molecule has 2 atom stereocenters. The topological polar surface area (TPSA) is 70.2 Å². The van der Waals surface area contributed by atoms with Gasteiger partial charge in [-0.1, -0.05) is 0 Å². The molecule has 1 fully saturated rings. The molecule has 1 aliphatic rings. The SMILES string of the molecule is CCNC(=O)C(C)NC(=O)[C@@H]1CCCNC1.Cl. The van der Waals surface area contributed by atoms with Crippen LogP contribution in [0.25, 0.3) is 0 Å². The molecule has 0 aromatic carbocycles. The van der Waals surface area contributed by atoms with Gasteiger partial charge in [0.2, 0.25) is 11.8 Å². The number of piperidine rings is 1. The first-order chi connectivity index (χ1) is 7.65. The molecule has 1 aliphatic heterocycles. The average Bonchev–Trinajstić information content (AvgIpc) is 2.30. The Morgan fingerprint density at radius 1 is 1.47 bits per heavy atom. The van der Waals surface area contributed by atoms with Crippen molar-refractivity contribution in [3.8, 4) is 0 Å². The zero-order chi connectivity index (χ0) is 12.0. The second-order valence-corrected chi connectivity index (χ2v) is 4.17. The maximum atomic E-state index is 11.8. The van der Waals surface area contributed by atoms with Gasteiger partial charge in [0.15, 0.2) is 0 Å². The molecule has 3 N–H and O–H groups in total. The molecule has 0 aromatic heterocycles. The molecular formula is C11H22ClN3O2. The Morgan fingerprint density at radius 3 is 2.71 bits per heavy atom. The third-order valence-corrected chi connectivity index (χ3v) is 2.77. The molecule has 6 heteroatoms. The highest BCUT2D eigenvalue weighted by molar-refractivity contribution is 5.88. The molecule has 1 heterocycles. The standard InChI is InChI=1S/C11H21N3O2.ClH/c1-3-13-10(15)8(2)14-11(16)9-5-4-6-12-7-9;/h8-9,12H,3-7H2,1-2H3,(H,13,15)(H,14,16);1H/t8?,9-;/m1./s1. The lowest BCUT2D eigenvalue weighted by molar-refractivity contribution is -0.131. The largest absolute Gasteiger partial charge is 0.355 e. The molecule has 0 saturated carbocycles. The lowest BCUT2D eigenvalue weighted by Gasteiger charge is -2.23. The van der Waals surface area contributed by atoms with E-state index in [0.29, 0.717) is 13.1 Å². The summed E-state index contributed by atoms with van der Waals surface area (Å²) in [6, 6.07) is -0.450. The lowest BCUT2D eigenvalue weighted by atomic mass is 9.98. The van der Waals surface area contributed by atoms with E-state index < -0.39 is 6.04 Å². The van der Waals surface area contributed by atoms with Gasteiger partial charge in [-0.3, -0.25) is 9.59 Å². The van der Waals surface area contributed by atoms with Crippen molar-refractivity contribution in [2.24, 2.45) is 5.92 Å². The quantitative estimate of drug-likeness (QED) is 0.671. The van der Waals surface area contributed by atoms with Crippen molar-refractivity contribution in [1.29, 1.82) is 0 Å². The van der Waals surface area contributed by atoms with Crippen molar-refractivity contribution in [3.05, 3.63) is 0 Å². The van der Waals surface area contributed by atoms with Crippen LogP contribution in [0.3, 0.4) is 0 Å². The summed E-state index contributed by atoms with van der Waals surface area (Å²) in [6.07, 6.45) is 1.93. The van der Waals surface area contributed by atoms with Crippen molar-refractivity contribution in [1.82, 2.24) is 16.0 Å². The highest BCUT2D eigenvalue weighted by Gasteiger charge is 2.23. The van der Waals surface area contributed by atoms with Crippen LogP contribution in [0.15, 0.2) is 0 Å². The molecule has 0 aromatic rings. The van der Waals surface area contributed by atoms with E-state index in [0.717, 1.165) is 19.4 Å². The van der Waals surface area contributed by atoms with E-state index in [9.17, 15) is 9.59 Å². The van der Waals surface area contributed by atoms with Crippen molar-refractivity contribution in [3.63, 3.8) is 0 Å². The minimum Gasteiger partial charge on any atom is -0.355 e. The Balaban J connectivity index is 0.00000256. The van der Waals surface area contributed by atoms with Crippen LogP contribution in [0.1, 0.15) is 26.7 Å². The molecule has 2 amide bonds. The van der Waals surface area contributed by atoms with Crippen LogP contribution in [-0.2, 0) is 9.59 Å². The predicted molar refractivity (Wildman–Crippen MR) is 69.1 cm³/mol. The first kappa shape index (κ1) is 16.2. The predicted octanol–water partition coefficient (Wildman–Crippen LogP) is 0.0486. The van der Waals surface area contributed by atoms with Crippen LogP contribution < -0.4 is 16.0 Å². The van der Waals surface area contributed by atoms with Crippen LogP contribution in [-0.4, -0.2) is 37.5 Å². The van der Waals surface area contributed by atoms with E-state index in [1.165, 1.54) is 0 Å². The number of halogens is 1. The van der Waals surface area contributed by atoms with Gasteiger partial charge in [0, 0.05) is 13.1 Å². The molecule has 1 rings (SSSR count). The monoisotopic (exact) mass is 263 g/mol. The Morgan fingerprint density at radius 2 is 2.18 bits per heavy atom. The van der Waals surface area contributed by atoms with Crippen molar-refractivity contribution < 1.29 is 9.59 Å². The second kappa shape index (κ2) is 8.31. The van der Waals surface area contributed by atoms with E-state index >= 15 is 0 Å². The van der Waals surface area contributed by atoms with Gasteiger partial charge in [0.1, 0.15) is 6.04 Å². The Bertz CT molecular complexity index is 255. The zero-order valence-electron chi connectivity index (χ0n) is 10.4. The number of likely N-dealkylation sites (N-methyl/N-ethyl adjacent to an activating group) is 1. The third kappa shape index (κ3) is 5.37. The molecule has 0 spiro atoms. The smallest absolute Gasteiger partial charge is 0.242 e. The van der Waals surface area contributed by atoms with E-state index in [1.54, 1.807) is 6.92 Å². The molecule has 5 nitrogen and oxygen atoms in total. The van der Waals surface area contributed by atoms with Crippen molar-refractivity contribution in [2.45, 2.75) is 32.7 Å². The summed E-state index contributed by atoms with van der Waals surface area (Å²) < 4.78 is 0. The highest BCUT2D eigenvalue weighted by Crippen LogP contribution is 2.09. The van der Waals surface area contributed by atoms with Gasteiger partial charge in [-0.05, 0) is 33.2 Å². The fraction of sp³-hybridized carbons (Fsp3) is 0.818. The van der Waals surface area contributed by atoms with Crippen LogP contribution in [0.4, 0.5) is 0 Å². The Kier molecular flexibility index (Phi) is 7.91. The van der Waals surface area contributed by atoms with Gasteiger partial charge in [0.25, 0.3) is 0 Å². The van der Waals surface area contributed by atoms with Crippen LogP contribution >= 0.6 is 12.4 Å². The van der Waals surface area contributed by atoms with Crippen LogP contribution in [0, 0.1) is 5.92 Å². The van der Waals surface area contributed by atoms with Gasteiger partial charge in [-0.2, -0.15) is 0 Å². The van der Waals surface area contributed by atoms with Gasteiger partial charge >= 0.3 is 0 Å². The average molecular weight is 264 g/mol. The van der Waals surface area contributed by atoms with Gasteiger partial charge in [0.05, 0.1) is 5.92 Å². The van der Waals surface area contributed by atoms with Gasteiger partial charge < -0.3 is 16.0 Å². The van der Waals surface area contributed by atoms with E-state index in [2.05, 4.69) is 16.0 Å². The maximum Gasteiger partial charge on any atom is 0.242 e. The molecule has 100 valence electrons. The summed E-state index contributed by atoms with van der Waals surface area (Å²) in [5, 5.41) is 8.61. The number of carbonyl (C=O) groups is 2. The number of amides is 2. The van der Waals surface area contributed by atoms with E-state index in [1.807, 2.05) is 6.92 Å². The summed E-state index contributed by atoms with van der Waals surface area (Å²) in [5.74, 6) is -0.142. The number of nitrogens with one attached hydrogen (secondary N) is 3. The number of carbonyl (C=O) groups excluding carboxylic acids is 2. The summed E-state index contributed by atoms with van der Waals surface area (Å²) in [5.41, 5.74) is 0. The molecule has 1 unspecified atom stereocenters. The number of hydrogen-bond donors (Lipinski definition) is 3. The minimum absolute atomic E-state index is 0. The van der Waals surface area contributed by atoms with Crippen LogP contribution in [0.5, 0.6) is 0 Å². The van der Waals surface area contributed by atoms with Gasteiger partial charge in [-0.25, -0.2) is 0 Å². The third-order valence-electron chi connectivity index (χ3n) is 2.77. The molecule has 1 saturated heterocycles. The summed E-state index contributed by atoms with van der Waals surface area (Å²) in [4.78, 5) is 23.2. The summed E-state index contributed by atoms with van der Waals surface area (Å²) >= 11 is 0. The first-order valence-corrected chi connectivity index (χ1v) is 5.94. The second-order valence-electron chi connectivity index (χ2n) is 4.17. The number of hydrogen-bond acceptors (Lipinski definition) is 3. The fourth-order valence-electron chi connectivity index (χ4n) is 1.80. The van der Waals surface area contributed by atoms with E-state index in [-0.39, 0.29) is 30.1 Å². The molecule has 0 bridgehead atoms. The summed E-state index contributed by atoms with van der Waals surface area (Å²) in [7, 11) is 0. The minimum atomic E-state index is -0.450. The molecule has 0 aliphatic carbocycles. The van der Waals surface area contributed by atoms with Crippen LogP contribution in [0.2, 0.25) is 0 Å². The van der Waals surface area contributed by atoms with Crippen molar-refractivity contribution in [2.75, 3.05) is 19.6 Å².